The minimum Gasteiger partial charge on any atom is -0.496 e. The monoisotopic (exact) mass is 347 g/mol. The van der Waals surface area contributed by atoms with Gasteiger partial charge in [-0.05, 0) is 55.2 Å². The predicted molar refractivity (Wildman–Crippen MR) is 92.2 cm³/mol. The zero-order chi connectivity index (χ0) is 17.3. The van der Waals surface area contributed by atoms with E-state index in [-0.39, 0.29) is 10.9 Å². The molecule has 0 amide bonds. The molecular formula is C18H21NO4S. The molecule has 6 heteroatoms. The number of nitrogens with one attached hydrogen (secondary N) is 1. The van der Waals surface area contributed by atoms with E-state index in [1.54, 1.807) is 26.2 Å². The van der Waals surface area contributed by atoms with Gasteiger partial charge >= 0.3 is 0 Å². The molecule has 24 heavy (non-hydrogen) atoms. The van der Waals surface area contributed by atoms with Crippen LogP contribution in [0, 0.1) is 13.8 Å². The number of ether oxygens (including phenoxy) is 2. The largest absolute Gasteiger partial charge is 0.496 e. The average molecular weight is 347 g/mol. The highest BCUT2D eigenvalue weighted by atomic mass is 32.2. The van der Waals surface area contributed by atoms with Crippen LogP contribution in [0.4, 0.5) is 0 Å². The zero-order valence-corrected chi connectivity index (χ0v) is 14.8. The smallest absolute Gasteiger partial charge is 0.241 e. The molecule has 0 spiro atoms. The van der Waals surface area contributed by atoms with Gasteiger partial charge in [0.1, 0.15) is 18.1 Å². The lowest BCUT2D eigenvalue weighted by Crippen LogP contribution is -2.42. The second-order valence-electron chi connectivity index (χ2n) is 6.03. The zero-order valence-electron chi connectivity index (χ0n) is 14.0. The van der Waals surface area contributed by atoms with Crippen LogP contribution in [-0.4, -0.2) is 28.2 Å². The van der Waals surface area contributed by atoms with E-state index in [4.69, 9.17) is 9.47 Å². The van der Waals surface area contributed by atoms with Gasteiger partial charge in [-0.15, -0.1) is 0 Å². The Bertz CT molecular complexity index is 861. The summed E-state index contributed by atoms with van der Waals surface area (Å²) in [6.45, 7) is 3.92. The molecule has 0 radical (unpaired) electrons. The normalized spacial score (nSPS) is 17.0. The Balaban J connectivity index is 1.84. The number of rotatable bonds is 4. The van der Waals surface area contributed by atoms with Crippen molar-refractivity contribution in [3.8, 4) is 11.5 Å². The van der Waals surface area contributed by atoms with Crippen LogP contribution in [0.2, 0.25) is 0 Å². The van der Waals surface area contributed by atoms with Gasteiger partial charge in [0.05, 0.1) is 18.0 Å². The fourth-order valence-corrected chi connectivity index (χ4v) is 4.49. The van der Waals surface area contributed by atoms with Crippen LogP contribution < -0.4 is 14.2 Å². The van der Waals surface area contributed by atoms with E-state index in [9.17, 15) is 8.42 Å². The van der Waals surface area contributed by atoms with E-state index in [2.05, 4.69) is 4.72 Å². The Morgan fingerprint density at radius 1 is 1.17 bits per heavy atom. The van der Waals surface area contributed by atoms with Crippen LogP contribution in [0.1, 0.15) is 16.7 Å². The minimum absolute atomic E-state index is 0.277. The Morgan fingerprint density at radius 2 is 1.92 bits per heavy atom. The molecule has 0 fully saturated rings. The molecule has 0 aliphatic carbocycles. The molecule has 0 bridgehead atoms. The van der Waals surface area contributed by atoms with Gasteiger partial charge in [-0.3, -0.25) is 0 Å². The van der Waals surface area contributed by atoms with Gasteiger partial charge in [-0.2, -0.15) is 0 Å². The molecule has 1 N–H and O–H groups in total. The van der Waals surface area contributed by atoms with Crippen molar-refractivity contribution in [3.05, 3.63) is 53.1 Å². The van der Waals surface area contributed by atoms with Crippen molar-refractivity contribution >= 4 is 10.0 Å². The summed E-state index contributed by atoms with van der Waals surface area (Å²) in [7, 11) is -2.05. The highest BCUT2D eigenvalue weighted by molar-refractivity contribution is 7.89. The second-order valence-corrected chi connectivity index (χ2v) is 7.71. The Labute approximate surface area is 142 Å². The van der Waals surface area contributed by atoms with Crippen molar-refractivity contribution in [2.24, 2.45) is 0 Å². The van der Waals surface area contributed by atoms with Crippen LogP contribution in [-0.2, 0) is 16.4 Å². The summed E-state index contributed by atoms with van der Waals surface area (Å²) in [6.07, 6.45) is 0.615. The third-order valence-corrected chi connectivity index (χ3v) is 5.85. The number of sulfonamides is 1. The number of fused-ring (bicyclic) bond motifs is 1. The number of benzene rings is 2. The highest BCUT2D eigenvalue weighted by Gasteiger charge is 2.26. The molecule has 2 aromatic rings. The maximum absolute atomic E-state index is 12.8. The van der Waals surface area contributed by atoms with Gasteiger partial charge in [-0.1, -0.05) is 18.2 Å². The third-order valence-electron chi connectivity index (χ3n) is 4.18. The molecule has 128 valence electrons. The maximum atomic E-state index is 12.8. The van der Waals surface area contributed by atoms with Crippen LogP contribution in [0.25, 0.3) is 0 Å². The van der Waals surface area contributed by atoms with E-state index in [1.807, 2.05) is 31.2 Å². The van der Waals surface area contributed by atoms with E-state index in [0.29, 0.717) is 24.3 Å². The van der Waals surface area contributed by atoms with Crippen LogP contribution >= 0.6 is 0 Å². The summed E-state index contributed by atoms with van der Waals surface area (Å²) in [5, 5.41) is 0. The molecule has 1 aliphatic heterocycles. The molecule has 3 rings (SSSR count). The van der Waals surface area contributed by atoms with Gasteiger partial charge in [0.15, 0.2) is 0 Å². The summed E-state index contributed by atoms with van der Waals surface area (Å²) < 4.78 is 39.2. The molecule has 1 heterocycles. The lowest BCUT2D eigenvalue weighted by atomic mass is 10.0. The lowest BCUT2D eigenvalue weighted by molar-refractivity contribution is 0.254. The molecule has 0 aromatic heterocycles. The fraction of sp³-hybridized carbons (Fsp3) is 0.333. The van der Waals surface area contributed by atoms with Crippen molar-refractivity contribution in [1.82, 2.24) is 4.72 Å². The molecule has 2 aromatic carbocycles. The molecule has 0 saturated heterocycles. The summed E-state index contributed by atoms with van der Waals surface area (Å²) >= 11 is 0. The van der Waals surface area contributed by atoms with E-state index in [0.717, 1.165) is 16.9 Å². The van der Waals surface area contributed by atoms with Crippen molar-refractivity contribution in [3.63, 3.8) is 0 Å². The third kappa shape index (κ3) is 3.25. The van der Waals surface area contributed by atoms with E-state index >= 15 is 0 Å². The van der Waals surface area contributed by atoms with Crippen molar-refractivity contribution in [2.45, 2.75) is 31.2 Å². The first kappa shape index (κ1) is 16.8. The number of hydrogen-bond donors (Lipinski definition) is 1. The summed E-state index contributed by atoms with van der Waals surface area (Å²) in [6, 6.07) is 10.8. The highest BCUT2D eigenvalue weighted by Crippen LogP contribution is 2.27. The van der Waals surface area contributed by atoms with Crippen molar-refractivity contribution < 1.29 is 17.9 Å². The summed E-state index contributed by atoms with van der Waals surface area (Å²) in [4.78, 5) is 0.277. The van der Waals surface area contributed by atoms with Gasteiger partial charge in [-0.25, -0.2) is 13.1 Å². The molecule has 0 saturated carbocycles. The van der Waals surface area contributed by atoms with Crippen LogP contribution in [0.5, 0.6) is 11.5 Å². The Kier molecular flexibility index (Phi) is 4.51. The van der Waals surface area contributed by atoms with Gasteiger partial charge in [0, 0.05) is 0 Å². The first-order valence-electron chi connectivity index (χ1n) is 7.79. The van der Waals surface area contributed by atoms with Gasteiger partial charge < -0.3 is 9.47 Å². The summed E-state index contributed by atoms with van der Waals surface area (Å²) in [5.41, 5.74) is 2.45. The molecular weight excluding hydrogens is 326 g/mol. The lowest BCUT2D eigenvalue weighted by Gasteiger charge is -2.26. The Morgan fingerprint density at radius 3 is 2.67 bits per heavy atom. The maximum Gasteiger partial charge on any atom is 0.241 e. The standard InChI is InChI=1S/C18H21NO4S/c1-12-9-18(13(2)8-17(12)22-3)24(20,21)19-15-10-14-6-4-5-7-16(14)23-11-15/h4-9,15,19H,10-11H2,1-3H3. The number of aryl methyl sites for hydroxylation is 2. The minimum atomic E-state index is -3.63. The fourth-order valence-electron chi connectivity index (χ4n) is 2.96. The van der Waals surface area contributed by atoms with Crippen molar-refractivity contribution in [2.75, 3.05) is 13.7 Å². The number of methoxy groups -OCH3 is 1. The quantitative estimate of drug-likeness (QED) is 0.923. The number of hydrogen-bond acceptors (Lipinski definition) is 4. The molecule has 5 nitrogen and oxygen atoms in total. The van der Waals surface area contributed by atoms with Crippen molar-refractivity contribution in [1.29, 1.82) is 0 Å². The SMILES string of the molecule is COc1cc(C)c(S(=O)(=O)NC2COc3ccccc3C2)cc1C. The van der Waals surface area contributed by atoms with Crippen LogP contribution in [0.15, 0.2) is 41.3 Å². The molecule has 1 unspecified atom stereocenters. The first-order chi connectivity index (χ1) is 11.4. The average Bonchev–Trinajstić information content (AvgIpc) is 2.56. The topological polar surface area (TPSA) is 64.6 Å². The Hall–Kier alpha value is -2.05. The van der Waals surface area contributed by atoms with E-state index < -0.39 is 10.0 Å². The second kappa shape index (κ2) is 6.45. The molecule has 1 aliphatic rings. The van der Waals surface area contributed by atoms with E-state index in [1.165, 1.54) is 0 Å². The number of para-hydroxylation sites is 1. The molecule has 1 atom stereocenters. The first-order valence-corrected chi connectivity index (χ1v) is 9.27. The summed E-state index contributed by atoms with van der Waals surface area (Å²) in [5.74, 6) is 1.51. The predicted octanol–water partition coefficient (Wildman–Crippen LogP) is 2.59. The van der Waals surface area contributed by atoms with Gasteiger partial charge in [0.25, 0.3) is 0 Å². The van der Waals surface area contributed by atoms with Gasteiger partial charge in [0.2, 0.25) is 10.0 Å². The van der Waals surface area contributed by atoms with Crippen LogP contribution in [0.3, 0.4) is 0 Å².